The Bertz CT molecular complexity index is 454. The minimum Gasteiger partial charge on any atom is -0.326 e. The molecule has 16 heavy (non-hydrogen) atoms. The third-order valence-electron chi connectivity index (χ3n) is 2.24. The molecule has 1 heterocycles. The van der Waals surface area contributed by atoms with Gasteiger partial charge in [-0.2, -0.15) is 0 Å². The van der Waals surface area contributed by atoms with E-state index in [4.69, 9.17) is 5.73 Å². The summed E-state index contributed by atoms with van der Waals surface area (Å²) in [6, 6.07) is 9.44. The number of rotatable bonds is 4. The molecule has 2 aromatic rings. The smallest absolute Gasteiger partial charge is 0.131 e. The summed E-state index contributed by atoms with van der Waals surface area (Å²) in [4.78, 5) is 0. The number of benzene rings is 1. The van der Waals surface area contributed by atoms with Crippen LogP contribution >= 0.6 is 23.1 Å². The minimum absolute atomic E-state index is 0.158. The summed E-state index contributed by atoms with van der Waals surface area (Å²) in [7, 11) is 0. The SMILES string of the molecule is NCc1cccc(CSc2cccs2)c1F. The lowest BCUT2D eigenvalue weighted by molar-refractivity contribution is 0.600. The van der Waals surface area contributed by atoms with Crippen LogP contribution in [-0.4, -0.2) is 0 Å². The first-order valence-corrected chi connectivity index (χ1v) is 6.80. The summed E-state index contributed by atoms with van der Waals surface area (Å²) in [5.41, 5.74) is 6.78. The van der Waals surface area contributed by atoms with Crippen molar-refractivity contribution in [3.63, 3.8) is 0 Å². The van der Waals surface area contributed by atoms with Crippen molar-refractivity contribution in [2.24, 2.45) is 5.73 Å². The Hall–Kier alpha value is -0.840. The molecule has 1 aromatic carbocycles. The highest BCUT2D eigenvalue weighted by Crippen LogP contribution is 2.28. The van der Waals surface area contributed by atoms with Crippen LogP contribution in [-0.2, 0) is 12.3 Å². The molecular weight excluding hydrogens is 241 g/mol. The molecule has 0 saturated heterocycles. The second-order valence-electron chi connectivity index (χ2n) is 3.32. The van der Waals surface area contributed by atoms with E-state index in [2.05, 4.69) is 0 Å². The molecule has 1 nitrogen and oxygen atoms in total. The second-order valence-corrected chi connectivity index (χ2v) is 5.54. The molecule has 84 valence electrons. The van der Waals surface area contributed by atoms with Crippen molar-refractivity contribution < 1.29 is 4.39 Å². The number of hydrogen-bond donors (Lipinski definition) is 1. The maximum Gasteiger partial charge on any atom is 0.131 e. The summed E-state index contributed by atoms with van der Waals surface area (Å²) >= 11 is 3.33. The van der Waals surface area contributed by atoms with Gasteiger partial charge in [0.2, 0.25) is 0 Å². The number of halogens is 1. The molecule has 1 aromatic heterocycles. The fourth-order valence-electron chi connectivity index (χ4n) is 1.40. The van der Waals surface area contributed by atoms with Crippen LogP contribution in [0.4, 0.5) is 4.39 Å². The molecule has 0 amide bonds. The van der Waals surface area contributed by atoms with Crippen LogP contribution in [0.1, 0.15) is 11.1 Å². The van der Waals surface area contributed by atoms with Crippen LogP contribution in [0.25, 0.3) is 0 Å². The molecule has 0 fully saturated rings. The van der Waals surface area contributed by atoms with E-state index in [1.165, 1.54) is 4.21 Å². The average Bonchev–Trinajstić information content (AvgIpc) is 2.81. The average molecular weight is 253 g/mol. The number of hydrogen-bond acceptors (Lipinski definition) is 3. The van der Waals surface area contributed by atoms with Gasteiger partial charge < -0.3 is 5.73 Å². The Balaban J connectivity index is 2.09. The Morgan fingerprint density at radius 1 is 1.19 bits per heavy atom. The third-order valence-corrected chi connectivity index (χ3v) is 4.42. The predicted molar refractivity (Wildman–Crippen MR) is 68.2 cm³/mol. The lowest BCUT2D eigenvalue weighted by Gasteiger charge is -2.05. The summed E-state index contributed by atoms with van der Waals surface area (Å²) in [5.74, 6) is 0.495. The van der Waals surface area contributed by atoms with Crippen molar-refractivity contribution in [1.82, 2.24) is 0 Å². The lowest BCUT2D eigenvalue weighted by atomic mass is 10.1. The zero-order chi connectivity index (χ0) is 11.4. The Morgan fingerprint density at radius 2 is 2.00 bits per heavy atom. The van der Waals surface area contributed by atoms with Gasteiger partial charge in [0.15, 0.2) is 0 Å². The maximum atomic E-state index is 13.8. The van der Waals surface area contributed by atoms with Gasteiger partial charge in [-0.25, -0.2) is 4.39 Å². The van der Waals surface area contributed by atoms with Crippen molar-refractivity contribution in [2.45, 2.75) is 16.5 Å². The van der Waals surface area contributed by atoms with Crippen molar-refractivity contribution in [3.05, 3.63) is 52.7 Å². The second kappa shape index (κ2) is 5.48. The monoisotopic (exact) mass is 253 g/mol. The van der Waals surface area contributed by atoms with Gasteiger partial charge in [-0.3, -0.25) is 0 Å². The summed E-state index contributed by atoms with van der Waals surface area (Å²) in [6.07, 6.45) is 0. The van der Waals surface area contributed by atoms with Crippen LogP contribution in [0.15, 0.2) is 39.9 Å². The zero-order valence-electron chi connectivity index (χ0n) is 8.65. The molecule has 0 unspecified atom stereocenters. The van der Waals surface area contributed by atoms with Gasteiger partial charge in [-0.05, 0) is 17.0 Å². The van der Waals surface area contributed by atoms with Gasteiger partial charge >= 0.3 is 0 Å². The molecule has 2 rings (SSSR count). The molecule has 0 saturated carbocycles. The number of thioether (sulfide) groups is 1. The highest BCUT2D eigenvalue weighted by molar-refractivity contribution is 8.00. The van der Waals surface area contributed by atoms with Crippen molar-refractivity contribution in [2.75, 3.05) is 0 Å². The highest BCUT2D eigenvalue weighted by Gasteiger charge is 2.07. The van der Waals surface area contributed by atoms with E-state index in [1.54, 1.807) is 29.2 Å². The minimum atomic E-state index is -0.158. The fraction of sp³-hybridized carbons (Fsp3) is 0.167. The van der Waals surface area contributed by atoms with Crippen LogP contribution in [0, 0.1) is 5.82 Å². The number of thiophene rings is 1. The van der Waals surface area contributed by atoms with E-state index in [-0.39, 0.29) is 12.4 Å². The van der Waals surface area contributed by atoms with Gasteiger partial charge in [0, 0.05) is 17.9 Å². The van der Waals surface area contributed by atoms with Gasteiger partial charge in [-0.15, -0.1) is 23.1 Å². The van der Waals surface area contributed by atoms with Crippen molar-refractivity contribution in [1.29, 1.82) is 0 Å². The first-order valence-electron chi connectivity index (χ1n) is 4.94. The first kappa shape index (κ1) is 11.6. The van der Waals surface area contributed by atoms with E-state index < -0.39 is 0 Å². The normalized spacial score (nSPS) is 10.6. The molecule has 0 atom stereocenters. The molecule has 0 aliphatic heterocycles. The molecule has 2 N–H and O–H groups in total. The van der Waals surface area contributed by atoms with E-state index in [0.717, 1.165) is 5.56 Å². The van der Waals surface area contributed by atoms with Crippen LogP contribution in [0.3, 0.4) is 0 Å². The Morgan fingerprint density at radius 3 is 2.69 bits per heavy atom. The van der Waals surface area contributed by atoms with Gasteiger partial charge in [0.25, 0.3) is 0 Å². The fourth-order valence-corrected chi connectivity index (χ4v) is 3.16. The molecular formula is C12H12FNS2. The van der Waals surface area contributed by atoms with E-state index in [1.807, 2.05) is 29.6 Å². The molecule has 0 aliphatic rings. The molecule has 0 radical (unpaired) electrons. The molecule has 0 spiro atoms. The van der Waals surface area contributed by atoms with E-state index in [9.17, 15) is 4.39 Å². The van der Waals surface area contributed by atoms with Gasteiger partial charge in [-0.1, -0.05) is 24.3 Å². The zero-order valence-corrected chi connectivity index (χ0v) is 10.3. The van der Waals surface area contributed by atoms with Gasteiger partial charge in [0.05, 0.1) is 4.21 Å². The van der Waals surface area contributed by atoms with Crippen molar-refractivity contribution in [3.8, 4) is 0 Å². The number of nitrogens with two attached hydrogens (primary N) is 1. The Kier molecular flexibility index (Phi) is 3.98. The van der Waals surface area contributed by atoms with E-state index in [0.29, 0.717) is 11.3 Å². The lowest BCUT2D eigenvalue weighted by Crippen LogP contribution is -2.01. The molecule has 0 aliphatic carbocycles. The van der Waals surface area contributed by atoms with Crippen LogP contribution in [0.5, 0.6) is 0 Å². The third kappa shape index (κ3) is 2.64. The highest BCUT2D eigenvalue weighted by atomic mass is 32.2. The Labute approximate surface area is 102 Å². The maximum absolute atomic E-state index is 13.8. The quantitative estimate of drug-likeness (QED) is 0.842. The summed E-state index contributed by atoms with van der Waals surface area (Å²) in [5, 5.41) is 2.02. The molecule has 4 heteroatoms. The first-order chi connectivity index (χ1) is 7.81. The van der Waals surface area contributed by atoms with E-state index >= 15 is 0 Å². The topological polar surface area (TPSA) is 26.0 Å². The largest absolute Gasteiger partial charge is 0.326 e. The van der Waals surface area contributed by atoms with Gasteiger partial charge in [0.1, 0.15) is 5.82 Å². The van der Waals surface area contributed by atoms with Crippen LogP contribution < -0.4 is 5.73 Å². The van der Waals surface area contributed by atoms with Crippen LogP contribution in [0.2, 0.25) is 0 Å². The molecule has 0 bridgehead atoms. The summed E-state index contributed by atoms with van der Waals surface area (Å²) < 4.78 is 15.0. The van der Waals surface area contributed by atoms with Crippen molar-refractivity contribution >= 4 is 23.1 Å². The standard InChI is InChI=1S/C12H12FNS2/c13-12-9(7-14)3-1-4-10(12)8-16-11-5-2-6-15-11/h1-6H,7-8,14H2. The predicted octanol–water partition coefficient (Wildman–Crippen LogP) is 3.64. The summed E-state index contributed by atoms with van der Waals surface area (Å²) in [6.45, 7) is 0.253.